The monoisotopic (exact) mass is 429 g/mol. The predicted molar refractivity (Wildman–Crippen MR) is 108 cm³/mol. The van der Waals surface area contributed by atoms with Crippen molar-refractivity contribution < 1.29 is 9.21 Å². The molecule has 1 N–H and O–H groups in total. The van der Waals surface area contributed by atoms with E-state index in [2.05, 4.69) is 26.2 Å². The highest BCUT2D eigenvalue weighted by Gasteiger charge is 2.10. The molecule has 0 unspecified atom stereocenters. The van der Waals surface area contributed by atoms with Crippen LogP contribution in [-0.4, -0.2) is 15.5 Å². The molecule has 27 heavy (non-hydrogen) atoms. The number of aryl methyl sites for hydroxylation is 1. The van der Waals surface area contributed by atoms with Gasteiger partial charge in [-0.1, -0.05) is 13.8 Å². The maximum atomic E-state index is 12.1. The third-order valence-electron chi connectivity index (χ3n) is 4.04. The number of pyridine rings is 1. The summed E-state index contributed by atoms with van der Waals surface area (Å²) in [6.45, 7) is 4.41. The number of amides is 1. The van der Waals surface area contributed by atoms with Crippen molar-refractivity contribution in [1.29, 1.82) is 0 Å². The number of carbonyl (C=O) groups is 1. The SMILES string of the molecule is CC(C)c1cnc(-c2ccc(NC(=O)CCn3cc(Br)ccc3=O)cc2)o1. The number of carbonyl (C=O) groups excluding carboxylic acids is 1. The van der Waals surface area contributed by atoms with Crippen LogP contribution in [0.1, 0.15) is 31.9 Å². The van der Waals surface area contributed by atoms with Crippen molar-refractivity contribution in [3.8, 4) is 11.5 Å². The molecule has 6 nitrogen and oxygen atoms in total. The zero-order valence-corrected chi connectivity index (χ0v) is 16.7. The van der Waals surface area contributed by atoms with E-state index in [9.17, 15) is 9.59 Å². The van der Waals surface area contributed by atoms with E-state index in [-0.39, 0.29) is 23.8 Å². The lowest BCUT2D eigenvalue weighted by Gasteiger charge is -2.08. The van der Waals surface area contributed by atoms with Gasteiger partial charge in [-0.05, 0) is 46.3 Å². The average Bonchev–Trinajstić information content (AvgIpc) is 3.13. The quantitative estimate of drug-likeness (QED) is 0.628. The van der Waals surface area contributed by atoms with Crippen LogP contribution >= 0.6 is 15.9 Å². The Bertz CT molecular complexity index is 990. The number of nitrogens with one attached hydrogen (secondary N) is 1. The van der Waals surface area contributed by atoms with Crippen molar-refractivity contribution in [2.75, 3.05) is 5.32 Å². The molecule has 7 heteroatoms. The summed E-state index contributed by atoms with van der Waals surface area (Å²) in [4.78, 5) is 28.2. The van der Waals surface area contributed by atoms with Gasteiger partial charge in [0.1, 0.15) is 5.76 Å². The lowest BCUT2D eigenvalue weighted by molar-refractivity contribution is -0.116. The zero-order valence-electron chi connectivity index (χ0n) is 15.1. The van der Waals surface area contributed by atoms with Crippen molar-refractivity contribution >= 4 is 27.5 Å². The molecule has 1 aromatic carbocycles. The van der Waals surface area contributed by atoms with Crippen LogP contribution in [0.15, 0.2) is 62.5 Å². The second-order valence-electron chi connectivity index (χ2n) is 6.48. The molecule has 0 fully saturated rings. The number of rotatable bonds is 6. The highest BCUT2D eigenvalue weighted by Crippen LogP contribution is 2.24. The number of hydrogen-bond acceptors (Lipinski definition) is 4. The summed E-state index contributed by atoms with van der Waals surface area (Å²) in [5, 5.41) is 2.83. The summed E-state index contributed by atoms with van der Waals surface area (Å²) < 4.78 is 8.02. The summed E-state index contributed by atoms with van der Waals surface area (Å²) >= 11 is 3.32. The van der Waals surface area contributed by atoms with Crippen LogP contribution in [-0.2, 0) is 11.3 Å². The maximum Gasteiger partial charge on any atom is 0.250 e. The minimum absolute atomic E-state index is 0.137. The molecule has 0 atom stereocenters. The van der Waals surface area contributed by atoms with Gasteiger partial charge in [0.05, 0.1) is 6.20 Å². The van der Waals surface area contributed by atoms with Crippen LogP contribution in [0.5, 0.6) is 0 Å². The molecule has 0 radical (unpaired) electrons. The topological polar surface area (TPSA) is 77.1 Å². The normalized spacial score (nSPS) is 11.0. The van der Waals surface area contributed by atoms with E-state index in [0.29, 0.717) is 18.1 Å². The number of hydrogen-bond donors (Lipinski definition) is 1. The molecule has 0 aliphatic heterocycles. The molecule has 0 aliphatic carbocycles. The maximum absolute atomic E-state index is 12.1. The van der Waals surface area contributed by atoms with Gasteiger partial charge in [0.15, 0.2) is 0 Å². The van der Waals surface area contributed by atoms with E-state index in [4.69, 9.17) is 4.42 Å². The minimum Gasteiger partial charge on any atom is -0.441 e. The van der Waals surface area contributed by atoms with Gasteiger partial charge in [0.2, 0.25) is 11.8 Å². The van der Waals surface area contributed by atoms with Crippen molar-refractivity contribution in [3.05, 3.63) is 69.4 Å². The second kappa shape index (κ2) is 8.35. The van der Waals surface area contributed by atoms with Gasteiger partial charge in [0, 0.05) is 46.9 Å². The van der Waals surface area contributed by atoms with E-state index < -0.39 is 0 Å². The van der Waals surface area contributed by atoms with Crippen LogP contribution in [0.2, 0.25) is 0 Å². The Balaban J connectivity index is 1.59. The van der Waals surface area contributed by atoms with Crippen LogP contribution in [0.3, 0.4) is 0 Å². The van der Waals surface area contributed by atoms with Crippen LogP contribution < -0.4 is 10.9 Å². The molecule has 3 rings (SSSR count). The zero-order chi connectivity index (χ0) is 19.4. The molecule has 0 spiro atoms. The molecular weight excluding hydrogens is 410 g/mol. The van der Waals surface area contributed by atoms with Gasteiger partial charge in [-0.2, -0.15) is 0 Å². The third-order valence-corrected chi connectivity index (χ3v) is 4.50. The standard InChI is InChI=1S/C20H20BrN3O3/c1-13(2)17-11-22-20(27-17)14-3-6-16(7-4-14)23-18(25)9-10-24-12-15(21)5-8-19(24)26/h3-8,11-13H,9-10H2,1-2H3,(H,23,25). The molecule has 140 valence electrons. The Kier molecular flexibility index (Phi) is 5.91. The molecule has 0 aliphatic rings. The van der Waals surface area contributed by atoms with Crippen LogP contribution in [0.4, 0.5) is 5.69 Å². The molecule has 0 bridgehead atoms. The molecule has 0 saturated heterocycles. The van der Waals surface area contributed by atoms with E-state index >= 15 is 0 Å². The fraction of sp³-hybridized carbons (Fsp3) is 0.250. The summed E-state index contributed by atoms with van der Waals surface area (Å²) in [6.07, 6.45) is 3.61. The van der Waals surface area contributed by atoms with E-state index in [1.807, 2.05) is 26.0 Å². The molecule has 1 amide bonds. The van der Waals surface area contributed by atoms with Crippen LogP contribution in [0.25, 0.3) is 11.5 Å². The largest absolute Gasteiger partial charge is 0.441 e. The summed E-state index contributed by atoms with van der Waals surface area (Å²) in [6, 6.07) is 10.5. The molecule has 2 aromatic heterocycles. The van der Waals surface area contributed by atoms with Crippen LogP contribution in [0, 0.1) is 0 Å². The number of anilines is 1. The Morgan fingerprint density at radius 1 is 1.22 bits per heavy atom. The number of benzene rings is 1. The Morgan fingerprint density at radius 2 is 1.96 bits per heavy atom. The fourth-order valence-electron chi connectivity index (χ4n) is 2.51. The number of aromatic nitrogens is 2. The van der Waals surface area contributed by atoms with Crippen molar-refractivity contribution in [1.82, 2.24) is 9.55 Å². The number of halogens is 1. The molecular formula is C20H20BrN3O3. The highest BCUT2D eigenvalue weighted by atomic mass is 79.9. The first-order valence-corrected chi connectivity index (χ1v) is 9.43. The van der Waals surface area contributed by atoms with Crippen molar-refractivity contribution in [2.45, 2.75) is 32.7 Å². The Labute approximate surface area is 165 Å². The second-order valence-corrected chi connectivity index (χ2v) is 7.39. The molecule has 3 aromatic rings. The summed E-state index contributed by atoms with van der Waals surface area (Å²) in [7, 11) is 0. The fourth-order valence-corrected chi connectivity index (χ4v) is 2.88. The minimum atomic E-state index is -0.159. The van der Waals surface area contributed by atoms with Gasteiger partial charge in [-0.25, -0.2) is 4.98 Å². The first-order valence-electron chi connectivity index (χ1n) is 8.64. The average molecular weight is 430 g/mol. The van der Waals surface area contributed by atoms with Crippen molar-refractivity contribution in [2.24, 2.45) is 0 Å². The number of oxazole rings is 1. The Hall–Kier alpha value is -2.67. The van der Waals surface area contributed by atoms with Gasteiger partial charge in [0.25, 0.3) is 5.56 Å². The van der Waals surface area contributed by atoms with Crippen molar-refractivity contribution in [3.63, 3.8) is 0 Å². The first-order chi connectivity index (χ1) is 12.9. The first kappa shape index (κ1) is 19.1. The van der Waals surface area contributed by atoms with E-state index in [0.717, 1.165) is 15.8 Å². The lowest BCUT2D eigenvalue weighted by atomic mass is 10.2. The molecule has 0 saturated carbocycles. The summed E-state index contributed by atoms with van der Waals surface area (Å²) in [5.41, 5.74) is 1.39. The lowest BCUT2D eigenvalue weighted by Crippen LogP contribution is -2.22. The van der Waals surface area contributed by atoms with Gasteiger partial charge >= 0.3 is 0 Å². The molecule has 2 heterocycles. The van der Waals surface area contributed by atoms with Gasteiger partial charge in [-0.3, -0.25) is 9.59 Å². The predicted octanol–water partition coefficient (Wildman–Crippen LogP) is 4.42. The van der Waals surface area contributed by atoms with Gasteiger partial charge < -0.3 is 14.3 Å². The number of nitrogens with zero attached hydrogens (tertiary/aromatic N) is 2. The van der Waals surface area contributed by atoms with E-state index in [1.54, 1.807) is 30.6 Å². The smallest absolute Gasteiger partial charge is 0.250 e. The Morgan fingerprint density at radius 3 is 2.63 bits per heavy atom. The van der Waals surface area contributed by atoms with E-state index in [1.165, 1.54) is 10.6 Å². The third kappa shape index (κ3) is 4.95. The van der Waals surface area contributed by atoms with Gasteiger partial charge in [-0.15, -0.1) is 0 Å². The summed E-state index contributed by atoms with van der Waals surface area (Å²) in [5.74, 6) is 1.52. The highest BCUT2D eigenvalue weighted by molar-refractivity contribution is 9.10.